The number of rotatable bonds is 4. The van der Waals surface area contributed by atoms with Crippen LogP contribution in [0.25, 0.3) is 16.6 Å². The number of aromatic amines is 1. The summed E-state index contributed by atoms with van der Waals surface area (Å²) in [7, 11) is 0. The minimum Gasteiger partial charge on any atom is -0.459 e. The number of H-pyrrole nitrogens is 1. The topological polar surface area (TPSA) is 133 Å². The zero-order valence-electron chi connectivity index (χ0n) is 20.1. The second-order valence-corrected chi connectivity index (χ2v) is 9.81. The van der Waals surface area contributed by atoms with Gasteiger partial charge in [0.2, 0.25) is 5.91 Å². The third-order valence-electron chi connectivity index (χ3n) is 7.66. The van der Waals surface area contributed by atoms with Crippen LogP contribution in [0.2, 0.25) is 0 Å². The van der Waals surface area contributed by atoms with Crippen molar-refractivity contribution in [3.8, 4) is 0 Å². The Morgan fingerprint density at radius 1 is 1.03 bits per heavy atom. The normalized spacial score (nSPS) is 17.1. The number of nitrogens with one attached hydrogen (secondary N) is 2. The summed E-state index contributed by atoms with van der Waals surface area (Å²) >= 11 is 0. The van der Waals surface area contributed by atoms with Crippen molar-refractivity contribution in [2.24, 2.45) is 5.41 Å². The Bertz CT molecular complexity index is 1560. The van der Waals surface area contributed by atoms with E-state index >= 15 is 0 Å². The molecule has 6 rings (SSSR count). The molecule has 1 spiro atoms. The number of carbonyl (C=O) groups excluding carboxylic acids is 3. The molecule has 2 aliphatic rings. The van der Waals surface area contributed by atoms with Gasteiger partial charge >= 0.3 is 0 Å². The van der Waals surface area contributed by atoms with E-state index in [1.165, 1.54) is 12.5 Å². The summed E-state index contributed by atoms with van der Waals surface area (Å²) in [6, 6.07) is 10.3. The van der Waals surface area contributed by atoms with Crippen molar-refractivity contribution in [3.63, 3.8) is 0 Å². The highest BCUT2D eigenvalue weighted by atomic mass is 16.3. The first-order valence-electron chi connectivity index (χ1n) is 12.3. The Hall–Kier alpha value is -4.41. The molecule has 1 aromatic carbocycles. The van der Waals surface area contributed by atoms with E-state index in [4.69, 9.17) is 4.42 Å². The molecule has 0 atom stereocenters. The maximum Gasteiger partial charge on any atom is 0.287 e. The second kappa shape index (κ2) is 8.91. The van der Waals surface area contributed by atoms with Crippen molar-refractivity contribution in [2.75, 3.05) is 32.7 Å². The Morgan fingerprint density at radius 2 is 1.78 bits per heavy atom. The lowest BCUT2D eigenvalue weighted by Crippen LogP contribution is -2.47. The van der Waals surface area contributed by atoms with Crippen LogP contribution in [0.4, 0.5) is 0 Å². The molecule has 0 saturated carbocycles. The van der Waals surface area contributed by atoms with E-state index in [-0.39, 0.29) is 35.1 Å². The summed E-state index contributed by atoms with van der Waals surface area (Å²) in [6.07, 6.45) is 5.35. The van der Waals surface area contributed by atoms with Crippen LogP contribution in [0.3, 0.4) is 0 Å². The predicted octanol–water partition coefficient (Wildman–Crippen LogP) is 1.65. The number of hydrogen-bond donors (Lipinski definition) is 2. The van der Waals surface area contributed by atoms with Gasteiger partial charge in [-0.3, -0.25) is 19.2 Å². The first-order chi connectivity index (χ1) is 17.9. The van der Waals surface area contributed by atoms with Crippen molar-refractivity contribution in [1.29, 1.82) is 0 Å². The summed E-state index contributed by atoms with van der Waals surface area (Å²) in [5.41, 5.74) is 1.11. The van der Waals surface area contributed by atoms with E-state index in [0.717, 1.165) is 19.3 Å². The maximum atomic E-state index is 13.5. The van der Waals surface area contributed by atoms with Gasteiger partial charge in [0.15, 0.2) is 5.76 Å². The van der Waals surface area contributed by atoms with Crippen LogP contribution in [0.15, 0.2) is 58.1 Å². The van der Waals surface area contributed by atoms with Crippen molar-refractivity contribution in [2.45, 2.75) is 19.3 Å². The fourth-order valence-electron chi connectivity index (χ4n) is 5.51. The van der Waals surface area contributed by atoms with Gasteiger partial charge in [-0.05, 0) is 48.9 Å². The summed E-state index contributed by atoms with van der Waals surface area (Å²) in [5, 5.41) is 7.49. The van der Waals surface area contributed by atoms with E-state index in [2.05, 4.69) is 15.4 Å². The third-order valence-corrected chi connectivity index (χ3v) is 7.66. The van der Waals surface area contributed by atoms with Gasteiger partial charge < -0.3 is 24.5 Å². The van der Waals surface area contributed by atoms with Crippen molar-refractivity contribution in [1.82, 2.24) is 29.7 Å². The lowest BCUT2D eigenvalue weighted by Gasteiger charge is -2.39. The fourth-order valence-corrected chi connectivity index (χ4v) is 5.51. The number of para-hydroxylation sites is 1. The van der Waals surface area contributed by atoms with Gasteiger partial charge in [0.25, 0.3) is 17.4 Å². The van der Waals surface area contributed by atoms with Crippen LogP contribution in [-0.4, -0.2) is 74.8 Å². The molecular formula is C26H26N6O5. The van der Waals surface area contributed by atoms with Crippen LogP contribution >= 0.6 is 0 Å². The molecule has 2 saturated heterocycles. The number of likely N-dealkylation sites (tertiary alicyclic amines) is 2. The second-order valence-electron chi connectivity index (χ2n) is 9.81. The van der Waals surface area contributed by atoms with E-state index in [0.29, 0.717) is 48.3 Å². The number of fused-ring (bicyclic) bond motifs is 3. The first kappa shape index (κ1) is 23.0. The SMILES string of the molecule is O=C(NCC(=O)N1CCC2(CC1)CCN(C(=O)c1cnn3c1[nH]c(=O)c1ccccc13)C2)c1ccco1. The van der Waals surface area contributed by atoms with Gasteiger partial charge in [-0.25, -0.2) is 4.52 Å². The summed E-state index contributed by atoms with van der Waals surface area (Å²) in [5.74, 6) is -0.538. The molecule has 37 heavy (non-hydrogen) atoms. The predicted molar refractivity (Wildman–Crippen MR) is 133 cm³/mol. The number of piperidine rings is 1. The molecule has 5 heterocycles. The van der Waals surface area contributed by atoms with Crippen LogP contribution < -0.4 is 10.9 Å². The van der Waals surface area contributed by atoms with Crippen molar-refractivity contribution < 1.29 is 18.8 Å². The van der Waals surface area contributed by atoms with Gasteiger partial charge in [-0.1, -0.05) is 12.1 Å². The number of benzene rings is 1. The van der Waals surface area contributed by atoms with E-state index < -0.39 is 5.91 Å². The Balaban J connectivity index is 1.10. The molecule has 11 nitrogen and oxygen atoms in total. The largest absolute Gasteiger partial charge is 0.459 e. The minimum absolute atomic E-state index is 0.0487. The standard InChI is InChI=1S/C26H26N6O5/c33-21(15-27-24(35)20-6-3-13-37-20)30-10-7-26(8-11-30)9-12-31(16-26)25(36)18-14-28-32-19-5-2-1-4-17(19)23(34)29-22(18)32/h1-6,13-14H,7-12,15-16H2,(H,27,35)(H,29,34). The van der Waals surface area contributed by atoms with Gasteiger partial charge in [0, 0.05) is 26.2 Å². The van der Waals surface area contributed by atoms with E-state index in [1.807, 2.05) is 11.0 Å². The minimum atomic E-state index is -0.418. The van der Waals surface area contributed by atoms with Crippen LogP contribution in [0.5, 0.6) is 0 Å². The average Bonchev–Trinajstić information content (AvgIpc) is 3.68. The molecule has 0 unspecified atom stereocenters. The van der Waals surface area contributed by atoms with Crippen LogP contribution in [-0.2, 0) is 4.79 Å². The zero-order chi connectivity index (χ0) is 25.6. The number of furan rings is 1. The molecule has 4 aromatic rings. The molecule has 2 aliphatic heterocycles. The summed E-state index contributed by atoms with van der Waals surface area (Å²) in [4.78, 5) is 57.1. The molecule has 0 bridgehead atoms. The van der Waals surface area contributed by atoms with Crippen LogP contribution in [0, 0.1) is 5.41 Å². The van der Waals surface area contributed by atoms with Crippen molar-refractivity contribution in [3.05, 3.63) is 70.5 Å². The Labute approximate surface area is 211 Å². The number of amides is 3. The summed E-state index contributed by atoms with van der Waals surface area (Å²) in [6.45, 7) is 2.28. The fraction of sp³-hybridized carbons (Fsp3) is 0.346. The lowest BCUT2D eigenvalue weighted by molar-refractivity contribution is -0.132. The van der Waals surface area contributed by atoms with E-state index in [9.17, 15) is 19.2 Å². The first-order valence-corrected chi connectivity index (χ1v) is 12.3. The van der Waals surface area contributed by atoms with Gasteiger partial charge in [0.05, 0.1) is 29.9 Å². The van der Waals surface area contributed by atoms with Gasteiger partial charge in [-0.2, -0.15) is 5.10 Å². The molecule has 0 radical (unpaired) electrons. The van der Waals surface area contributed by atoms with Gasteiger partial charge in [0.1, 0.15) is 11.2 Å². The molecule has 2 N–H and O–H groups in total. The number of hydrogen-bond acceptors (Lipinski definition) is 6. The maximum absolute atomic E-state index is 13.5. The smallest absolute Gasteiger partial charge is 0.287 e. The quantitative estimate of drug-likeness (QED) is 0.436. The third kappa shape index (κ3) is 4.05. The Kier molecular flexibility index (Phi) is 5.54. The molecule has 0 aliphatic carbocycles. The van der Waals surface area contributed by atoms with E-state index in [1.54, 1.807) is 39.7 Å². The lowest BCUT2D eigenvalue weighted by atomic mass is 9.78. The number of aromatic nitrogens is 3. The zero-order valence-corrected chi connectivity index (χ0v) is 20.1. The van der Waals surface area contributed by atoms with Gasteiger partial charge in [-0.15, -0.1) is 0 Å². The molecule has 3 aromatic heterocycles. The number of nitrogens with zero attached hydrogens (tertiary/aromatic N) is 4. The molecule has 190 valence electrons. The Morgan fingerprint density at radius 3 is 2.54 bits per heavy atom. The number of carbonyl (C=O) groups is 3. The van der Waals surface area contributed by atoms with Crippen LogP contribution in [0.1, 0.15) is 40.2 Å². The molecule has 11 heteroatoms. The highest BCUT2D eigenvalue weighted by molar-refractivity contribution is 6.00. The highest BCUT2D eigenvalue weighted by Gasteiger charge is 2.43. The molecule has 2 fully saturated rings. The highest BCUT2D eigenvalue weighted by Crippen LogP contribution is 2.41. The van der Waals surface area contributed by atoms with Crippen molar-refractivity contribution >= 4 is 34.3 Å². The molecule has 3 amide bonds. The average molecular weight is 503 g/mol. The molecular weight excluding hydrogens is 476 g/mol. The monoisotopic (exact) mass is 502 g/mol. The summed E-state index contributed by atoms with van der Waals surface area (Å²) < 4.78 is 6.65.